The van der Waals surface area contributed by atoms with Crippen molar-refractivity contribution in [2.75, 3.05) is 0 Å². The molecule has 0 aliphatic carbocycles. The zero-order valence-electron chi connectivity index (χ0n) is 12.2. The van der Waals surface area contributed by atoms with Crippen LogP contribution in [0.15, 0.2) is 36.8 Å². The van der Waals surface area contributed by atoms with E-state index in [1.54, 1.807) is 0 Å². The first-order chi connectivity index (χ1) is 8.93. The van der Waals surface area contributed by atoms with E-state index in [9.17, 15) is 0 Å². The molecule has 0 aliphatic rings. The molecule has 102 valence electrons. The van der Waals surface area contributed by atoms with Crippen molar-refractivity contribution in [3.63, 3.8) is 0 Å². The highest BCUT2D eigenvalue weighted by molar-refractivity contribution is 5.38. The molecule has 1 heterocycles. The molecule has 0 aliphatic heterocycles. The molecular formula is C16H23N3. The van der Waals surface area contributed by atoms with Gasteiger partial charge in [0.2, 0.25) is 0 Å². The number of hydrogen-bond acceptors (Lipinski definition) is 2. The molecular weight excluding hydrogens is 234 g/mol. The summed E-state index contributed by atoms with van der Waals surface area (Å²) in [6.45, 7) is 8.75. The van der Waals surface area contributed by atoms with Gasteiger partial charge in [-0.15, -0.1) is 0 Å². The van der Waals surface area contributed by atoms with Crippen LogP contribution in [0.3, 0.4) is 0 Å². The van der Waals surface area contributed by atoms with Crippen molar-refractivity contribution in [1.82, 2.24) is 9.55 Å². The Kier molecular flexibility index (Phi) is 3.76. The molecule has 0 unspecified atom stereocenters. The molecule has 0 amide bonds. The zero-order chi connectivity index (χ0) is 14.0. The van der Waals surface area contributed by atoms with Crippen LogP contribution in [0, 0.1) is 0 Å². The number of nitrogens with two attached hydrogens (primary N) is 1. The van der Waals surface area contributed by atoms with Crippen LogP contribution in [0.2, 0.25) is 0 Å². The van der Waals surface area contributed by atoms with Crippen molar-refractivity contribution in [3.8, 4) is 5.69 Å². The van der Waals surface area contributed by atoms with Crippen molar-refractivity contribution in [1.29, 1.82) is 0 Å². The summed E-state index contributed by atoms with van der Waals surface area (Å²) >= 11 is 0. The summed E-state index contributed by atoms with van der Waals surface area (Å²) in [6.07, 6.45) is 4.59. The quantitative estimate of drug-likeness (QED) is 0.913. The predicted octanol–water partition coefficient (Wildman–Crippen LogP) is 3.58. The van der Waals surface area contributed by atoms with E-state index in [4.69, 9.17) is 5.73 Å². The Hall–Kier alpha value is -1.61. The van der Waals surface area contributed by atoms with Crippen LogP contribution in [0.1, 0.15) is 51.4 Å². The fourth-order valence-corrected chi connectivity index (χ4v) is 2.13. The van der Waals surface area contributed by atoms with Crippen molar-refractivity contribution in [2.24, 2.45) is 5.73 Å². The fraction of sp³-hybridized carbons (Fsp3) is 0.438. The molecule has 3 nitrogen and oxygen atoms in total. The van der Waals surface area contributed by atoms with Crippen LogP contribution in [-0.2, 0) is 5.41 Å². The SMILES string of the molecule is CC[C@@H](N)c1cncn1-c1ccc(C(C)(C)C)cc1. The topological polar surface area (TPSA) is 43.8 Å². The maximum atomic E-state index is 6.12. The zero-order valence-corrected chi connectivity index (χ0v) is 12.2. The number of hydrogen-bond donors (Lipinski definition) is 1. The Balaban J connectivity index is 2.36. The van der Waals surface area contributed by atoms with Gasteiger partial charge in [0, 0.05) is 11.7 Å². The van der Waals surface area contributed by atoms with Gasteiger partial charge < -0.3 is 10.3 Å². The maximum Gasteiger partial charge on any atom is 0.0994 e. The standard InChI is InChI=1S/C16H23N3/c1-5-14(17)15-10-18-11-19(15)13-8-6-12(7-9-13)16(2,3)4/h6-11,14H,5,17H2,1-4H3/t14-/m1/s1. The smallest absolute Gasteiger partial charge is 0.0994 e. The third kappa shape index (κ3) is 2.87. The molecule has 0 saturated carbocycles. The molecule has 19 heavy (non-hydrogen) atoms. The van der Waals surface area contributed by atoms with E-state index < -0.39 is 0 Å². The number of nitrogens with zero attached hydrogens (tertiary/aromatic N) is 2. The van der Waals surface area contributed by atoms with Crippen molar-refractivity contribution in [2.45, 2.75) is 45.6 Å². The van der Waals surface area contributed by atoms with Gasteiger partial charge in [-0.25, -0.2) is 4.98 Å². The summed E-state index contributed by atoms with van der Waals surface area (Å²) in [4.78, 5) is 4.22. The van der Waals surface area contributed by atoms with E-state index in [-0.39, 0.29) is 11.5 Å². The molecule has 0 fully saturated rings. The van der Waals surface area contributed by atoms with E-state index in [1.165, 1.54) is 5.56 Å². The van der Waals surface area contributed by atoms with Gasteiger partial charge in [0.1, 0.15) is 0 Å². The Morgan fingerprint density at radius 2 is 1.84 bits per heavy atom. The number of rotatable bonds is 3. The van der Waals surface area contributed by atoms with E-state index in [1.807, 2.05) is 12.5 Å². The van der Waals surface area contributed by atoms with E-state index in [0.29, 0.717) is 0 Å². The molecule has 0 radical (unpaired) electrons. The first kappa shape index (κ1) is 13.8. The van der Waals surface area contributed by atoms with Gasteiger partial charge in [-0.05, 0) is 29.5 Å². The highest BCUT2D eigenvalue weighted by atomic mass is 15.1. The predicted molar refractivity (Wildman–Crippen MR) is 79.5 cm³/mol. The average molecular weight is 257 g/mol. The summed E-state index contributed by atoms with van der Waals surface area (Å²) in [7, 11) is 0. The summed E-state index contributed by atoms with van der Waals surface area (Å²) in [5.74, 6) is 0. The number of benzene rings is 1. The Labute approximate surface area is 115 Å². The Morgan fingerprint density at radius 3 is 2.37 bits per heavy atom. The van der Waals surface area contributed by atoms with E-state index in [2.05, 4.69) is 61.5 Å². The van der Waals surface area contributed by atoms with Gasteiger partial charge >= 0.3 is 0 Å². The van der Waals surface area contributed by atoms with Crippen LogP contribution < -0.4 is 5.73 Å². The van der Waals surface area contributed by atoms with Crippen LogP contribution in [0.4, 0.5) is 0 Å². The molecule has 3 heteroatoms. The lowest BCUT2D eigenvalue weighted by Crippen LogP contribution is -2.14. The second-order valence-corrected chi connectivity index (χ2v) is 6.00. The van der Waals surface area contributed by atoms with Gasteiger partial charge in [-0.3, -0.25) is 0 Å². The molecule has 0 spiro atoms. The summed E-state index contributed by atoms with van der Waals surface area (Å²) in [6, 6.07) is 8.65. The Morgan fingerprint density at radius 1 is 1.21 bits per heavy atom. The molecule has 1 aromatic carbocycles. The second-order valence-electron chi connectivity index (χ2n) is 6.00. The average Bonchev–Trinajstić information content (AvgIpc) is 2.86. The molecule has 0 saturated heterocycles. The minimum atomic E-state index is 0.0322. The van der Waals surface area contributed by atoms with Crippen LogP contribution in [0.5, 0.6) is 0 Å². The highest BCUT2D eigenvalue weighted by Crippen LogP contribution is 2.24. The molecule has 2 N–H and O–H groups in total. The number of imidazole rings is 1. The van der Waals surface area contributed by atoms with Gasteiger partial charge in [0.25, 0.3) is 0 Å². The first-order valence-corrected chi connectivity index (χ1v) is 6.82. The van der Waals surface area contributed by atoms with Crippen molar-refractivity contribution >= 4 is 0 Å². The minimum absolute atomic E-state index is 0.0322. The van der Waals surface area contributed by atoms with E-state index >= 15 is 0 Å². The highest BCUT2D eigenvalue weighted by Gasteiger charge is 2.14. The molecule has 1 aromatic heterocycles. The summed E-state index contributed by atoms with van der Waals surface area (Å²) < 4.78 is 2.07. The van der Waals surface area contributed by atoms with Gasteiger partial charge in [-0.1, -0.05) is 39.8 Å². The van der Waals surface area contributed by atoms with Crippen molar-refractivity contribution < 1.29 is 0 Å². The second kappa shape index (κ2) is 5.17. The van der Waals surface area contributed by atoms with Crippen LogP contribution in [-0.4, -0.2) is 9.55 Å². The third-order valence-electron chi connectivity index (χ3n) is 3.50. The maximum absolute atomic E-state index is 6.12. The monoisotopic (exact) mass is 257 g/mol. The third-order valence-corrected chi connectivity index (χ3v) is 3.50. The lowest BCUT2D eigenvalue weighted by molar-refractivity contribution is 0.590. The van der Waals surface area contributed by atoms with Crippen LogP contribution in [0.25, 0.3) is 5.69 Å². The van der Waals surface area contributed by atoms with Gasteiger partial charge in [0.15, 0.2) is 0 Å². The van der Waals surface area contributed by atoms with Gasteiger partial charge in [0.05, 0.1) is 18.2 Å². The Bertz CT molecular complexity index is 532. The fourth-order valence-electron chi connectivity index (χ4n) is 2.13. The largest absolute Gasteiger partial charge is 0.323 e. The molecule has 2 rings (SSSR count). The summed E-state index contributed by atoms with van der Waals surface area (Å²) in [5.41, 5.74) is 9.80. The van der Waals surface area contributed by atoms with E-state index in [0.717, 1.165) is 17.8 Å². The van der Waals surface area contributed by atoms with Crippen LogP contribution >= 0.6 is 0 Å². The first-order valence-electron chi connectivity index (χ1n) is 6.82. The molecule has 2 aromatic rings. The minimum Gasteiger partial charge on any atom is -0.323 e. The lowest BCUT2D eigenvalue weighted by atomic mass is 9.87. The molecule has 1 atom stereocenters. The van der Waals surface area contributed by atoms with Gasteiger partial charge in [-0.2, -0.15) is 0 Å². The van der Waals surface area contributed by atoms with Crippen molar-refractivity contribution in [3.05, 3.63) is 48.0 Å². The normalized spacial score (nSPS) is 13.5. The summed E-state index contributed by atoms with van der Waals surface area (Å²) in [5, 5.41) is 0. The number of aromatic nitrogens is 2. The lowest BCUT2D eigenvalue weighted by Gasteiger charge is -2.20. The molecule has 0 bridgehead atoms.